The molecule has 0 spiro atoms. The molecule has 0 saturated carbocycles. The first-order chi connectivity index (χ1) is 14.4. The summed E-state index contributed by atoms with van der Waals surface area (Å²) in [6.45, 7) is -0.185. The van der Waals surface area contributed by atoms with E-state index in [2.05, 4.69) is 5.32 Å². The van der Waals surface area contributed by atoms with E-state index in [0.717, 1.165) is 15.4 Å². The van der Waals surface area contributed by atoms with Gasteiger partial charge in [0.05, 0.1) is 10.9 Å². The Balaban J connectivity index is 1.67. The molecule has 0 radical (unpaired) electrons. The van der Waals surface area contributed by atoms with Gasteiger partial charge in [-0.1, -0.05) is 60.7 Å². The minimum atomic E-state index is -3.50. The predicted octanol–water partition coefficient (Wildman–Crippen LogP) is 3.22. The summed E-state index contributed by atoms with van der Waals surface area (Å²) in [5.74, 6) is 0.136. The zero-order chi connectivity index (χ0) is 21.6. The van der Waals surface area contributed by atoms with E-state index in [-0.39, 0.29) is 23.5 Å². The molecule has 0 fully saturated rings. The molecular formula is C23H24N2O4S. The summed E-state index contributed by atoms with van der Waals surface area (Å²) < 4.78 is 30.9. The summed E-state index contributed by atoms with van der Waals surface area (Å²) in [5.41, 5.74) is 1.94. The van der Waals surface area contributed by atoms with Gasteiger partial charge in [-0.05, 0) is 35.4 Å². The molecule has 6 nitrogen and oxygen atoms in total. The fourth-order valence-corrected chi connectivity index (χ4v) is 3.82. The van der Waals surface area contributed by atoms with Crippen molar-refractivity contribution in [2.24, 2.45) is 0 Å². The summed E-state index contributed by atoms with van der Waals surface area (Å²) in [6.07, 6.45) is 0. The number of benzene rings is 3. The van der Waals surface area contributed by atoms with Gasteiger partial charge in [0.1, 0.15) is 5.75 Å². The Bertz CT molecular complexity index is 1030. The Kier molecular flexibility index (Phi) is 6.87. The molecule has 0 atom stereocenters. The van der Waals surface area contributed by atoms with Crippen LogP contribution in [-0.2, 0) is 14.8 Å². The first-order valence-corrected chi connectivity index (χ1v) is 10.9. The monoisotopic (exact) mass is 424 g/mol. The summed E-state index contributed by atoms with van der Waals surface area (Å²) in [6, 6.07) is 25.1. The van der Waals surface area contributed by atoms with Crippen molar-refractivity contribution in [1.29, 1.82) is 0 Å². The molecule has 0 saturated heterocycles. The molecule has 1 amide bonds. The number of rotatable bonds is 8. The van der Waals surface area contributed by atoms with Crippen LogP contribution < -0.4 is 10.1 Å². The standard InChI is InChI=1S/C23H24N2O4S/c1-25(2)30(27,28)21-15-13-20(14-16-21)29-17-22(26)24-23(18-9-5-3-6-10-18)19-11-7-4-8-12-19/h3-16,23H,17H2,1-2H3,(H,24,26). The minimum absolute atomic E-state index is 0.164. The van der Waals surface area contributed by atoms with Gasteiger partial charge in [0.2, 0.25) is 10.0 Å². The lowest BCUT2D eigenvalue weighted by atomic mass is 9.99. The van der Waals surface area contributed by atoms with Crippen LogP contribution in [0.5, 0.6) is 5.75 Å². The lowest BCUT2D eigenvalue weighted by molar-refractivity contribution is -0.123. The predicted molar refractivity (Wildman–Crippen MR) is 116 cm³/mol. The van der Waals surface area contributed by atoms with Crippen LogP contribution in [-0.4, -0.2) is 39.3 Å². The first kappa shape index (κ1) is 21.5. The molecule has 156 valence electrons. The zero-order valence-corrected chi connectivity index (χ0v) is 17.7. The SMILES string of the molecule is CN(C)S(=O)(=O)c1ccc(OCC(=O)NC(c2ccccc2)c2ccccc2)cc1. The summed E-state index contributed by atoms with van der Waals surface area (Å²) in [5, 5.41) is 3.00. The van der Waals surface area contributed by atoms with E-state index in [0.29, 0.717) is 5.75 Å². The largest absolute Gasteiger partial charge is 0.484 e. The lowest BCUT2D eigenvalue weighted by Gasteiger charge is -2.20. The number of hydrogen-bond acceptors (Lipinski definition) is 4. The fourth-order valence-electron chi connectivity index (χ4n) is 2.92. The number of sulfonamides is 1. The van der Waals surface area contributed by atoms with Gasteiger partial charge in [0.15, 0.2) is 6.61 Å². The van der Waals surface area contributed by atoms with Crippen molar-refractivity contribution < 1.29 is 17.9 Å². The van der Waals surface area contributed by atoms with E-state index in [1.807, 2.05) is 60.7 Å². The van der Waals surface area contributed by atoms with Gasteiger partial charge in [0.25, 0.3) is 5.91 Å². The molecule has 3 rings (SSSR count). The molecule has 0 aliphatic heterocycles. The lowest BCUT2D eigenvalue weighted by Crippen LogP contribution is -2.33. The van der Waals surface area contributed by atoms with Crippen molar-refractivity contribution in [1.82, 2.24) is 9.62 Å². The highest BCUT2D eigenvalue weighted by molar-refractivity contribution is 7.89. The van der Waals surface area contributed by atoms with Gasteiger partial charge < -0.3 is 10.1 Å². The maximum absolute atomic E-state index is 12.6. The van der Waals surface area contributed by atoms with Crippen molar-refractivity contribution in [2.75, 3.05) is 20.7 Å². The Morgan fingerprint density at radius 3 is 1.83 bits per heavy atom. The molecule has 30 heavy (non-hydrogen) atoms. The van der Waals surface area contributed by atoms with Crippen molar-refractivity contribution in [3.05, 3.63) is 96.1 Å². The molecule has 0 aliphatic carbocycles. The van der Waals surface area contributed by atoms with Gasteiger partial charge in [-0.25, -0.2) is 12.7 Å². The molecule has 0 heterocycles. The second kappa shape index (κ2) is 9.56. The van der Waals surface area contributed by atoms with Crippen molar-refractivity contribution in [2.45, 2.75) is 10.9 Å². The van der Waals surface area contributed by atoms with Crippen LogP contribution >= 0.6 is 0 Å². The Hall–Kier alpha value is -3.16. The average Bonchev–Trinajstić information content (AvgIpc) is 2.77. The normalized spacial score (nSPS) is 11.5. The van der Waals surface area contributed by atoms with Crippen LogP contribution in [0, 0.1) is 0 Å². The molecule has 1 N–H and O–H groups in total. The third kappa shape index (κ3) is 5.25. The maximum atomic E-state index is 12.6. The van der Waals surface area contributed by atoms with E-state index in [9.17, 15) is 13.2 Å². The quantitative estimate of drug-likeness (QED) is 0.602. The number of ether oxygens (including phenoxy) is 1. The number of nitrogens with one attached hydrogen (secondary N) is 1. The van der Waals surface area contributed by atoms with E-state index >= 15 is 0 Å². The number of hydrogen-bond donors (Lipinski definition) is 1. The molecule has 3 aromatic carbocycles. The second-order valence-corrected chi connectivity index (χ2v) is 9.02. The zero-order valence-electron chi connectivity index (χ0n) is 16.9. The minimum Gasteiger partial charge on any atom is -0.484 e. The van der Waals surface area contributed by atoms with Crippen LogP contribution in [0.3, 0.4) is 0 Å². The van der Waals surface area contributed by atoms with Gasteiger partial charge in [-0.3, -0.25) is 4.79 Å². The molecule has 0 bridgehead atoms. The van der Waals surface area contributed by atoms with Crippen LogP contribution in [0.1, 0.15) is 17.2 Å². The molecule has 3 aromatic rings. The molecule has 7 heteroatoms. The molecular weight excluding hydrogens is 400 g/mol. The first-order valence-electron chi connectivity index (χ1n) is 9.42. The topological polar surface area (TPSA) is 75.7 Å². The van der Waals surface area contributed by atoms with Crippen LogP contribution in [0.15, 0.2) is 89.8 Å². The van der Waals surface area contributed by atoms with E-state index in [4.69, 9.17) is 4.74 Å². The number of carbonyl (C=O) groups is 1. The van der Waals surface area contributed by atoms with Gasteiger partial charge >= 0.3 is 0 Å². The third-order valence-corrected chi connectivity index (χ3v) is 6.37. The summed E-state index contributed by atoms with van der Waals surface area (Å²) in [4.78, 5) is 12.7. The van der Waals surface area contributed by atoms with E-state index < -0.39 is 10.0 Å². The molecule has 0 aromatic heterocycles. The Morgan fingerprint density at radius 2 is 1.37 bits per heavy atom. The van der Waals surface area contributed by atoms with Gasteiger partial charge in [-0.2, -0.15) is 0 Å². The van der Waals surface area contributed by atoms with Crippen LogP contribution in [0.4, 0.5) is 0 Å². The number of amides is 1. The Morgan fingerprint density at radius 1 is 0.867 bits per heavy atom. The summed E-state index contributed by atoms with van der Waals surface area (Å²) >= 11 is 0. The third-order valence-electron chi connectivity index (χ3n) is 4.54. The van der Waals surface area contributed by atoms with Gasteiger partial charge in [0, 0.05) is 14.1 Å². The highest BCUT2D eigenvalue weighted by Crippen LogP contribution is 2.22. The number of carbonyl (C=O) groups excluding carboxylic acids is 1. The second-order valence-electron chi connectivity index (χ2n) is 6.87. The average molecular weight is 425 g/mol. The van der Waals surface area contributed by atoms with E-state index in [1.165, 1.54) is 38.4 Å². The van der Waals surface area contributed by atoms with Crippen LogP contribution in [0.25, 0.3) is 0 Å². The maximum Gasteiger partial charge on any atom is 0.258 e. The highest BCUT2D eigenvalue weighted by atomic mass is 32.2. The summed E-state index contributed by atoms with van der Waals surface area (Å²) in [7, 11) is -0.559. The van der Waals surface area contributed by atoms with Crippen LogP contribution in [0.2, 0.25) is 0 Å². The van der Waals surface area contributed by atoms with Crippen molar-refractivity contribution in [3.63, 3.8) is 0 Å². The molecule has 0 aliphatic rings. The van der Waals surface area contributed by atoms with Crippen molar-refractivity contribution >= 4 is 15.9 Å². The smallest absolute Gasteiger partial charge is 0.258 e. The Labute approximate surface area is 177 Å². The fraction of sp³-hybridized carbons (Fsp3) is 0.174. The number of nitrogens with zero attached hydrogens (tertiary/aromatic N) is 1. The molecule has 0 unspecified atom stereocenters. The van der Waals surface area contributed by atoms with Crippen molar-refractivity contribution in [3.8, 4) is 5.75 Å². The highest BCUT2D eigenvalue weighted by Gasteiger charge is 2.18. The van der Waals surface area contributed by atoms with Gasteiger partial charge in [-0.15, -0.1) is 0 Å². The van der Waals surface area contributed by atoms with E-state index in [1.54, 1.807) is 0 Å².